The molecule has 0 radical (unpaired) electrons. The monoisotopic (exact) mass is 417 g/mol. The van der Waals surface area contributed by atoms with Crippen LogP contribution >= 0.6 is 0 Å². The van der Waals surface area contributed by atoms with Crippen LogP contribution < -0.4 is 16.3 Å². The van der Waals surface area contributed by atoms with Crippen LogP contribution in [0, 0.1) is 0 Å². The number of nitrogens with one attached hydrogen (secondary N) is 2. The third-order valence-corrected chi connectivity index (χ3v) is 5.54. The Morgan fingerprint density at radius 2 is 1.84 bits per heavy atom. The number of nitrogens with zero attached hydrogens (tertiary/aromatic N) is 3. The summed E-state index contributed by atoms with van der Waals surface area (Å²) in [7, 11) is 0. The summed E-state index contributed by atoms with van der Waals surface area (Å²) in [4.78, 5) is 30.6. The van der Waals surface area contributed by atoms with Crippen LogP contribution in [0.15, 0.2) is 77.9 Å². The minimum atomic E-state index is -0.299. The molecule has 3 aromatic rings. The van der Waals surface area contributed by atoms with Gasteiger partial charge in [-0.15, -0.1) is 0 Å². The maximum atomic E-state index is 12.6. The fraction of sp³-hybridized carbons (Fsp3) is 0.292. The second-order valence-corrected chi connectivity index (χ2v) is 7.74. The molecule has 1 aromatic heterocycles. The third-order valence-electron chi connectivity index (χ3n) is 5.54. The van der Waals surface area contributed by atoms with Crippen molar-refractivity contribution >= 4 is 11.7 Å². The van der Waals surface area contributed by atoms with Gasteiger partial charge in [-0.25, -0.2) is 14.6 Å². The fourth-order valence-corrected chi connectivity index (χ4v) is 4.00. The standard InChI is InChI=1S/C24H27N5O2/c30-23(26-17-22(28-13-4-5-14-28)20-9-2-1-3-10-20)27-21-11-6-8-19(16-21)18-29-15-7-12-25-24(29)31/h1-3,6-12,15-16,22H,4-5,13-14,17-18H2,(H2,26,27,30). The number of anilines is 1. The number of hydrogen-bond donors (Lipinski definition) is 2. The Hall–Kier alpha value is -3.45. The van der Waals surface area contributed by atoms with Crippen LogP contribution in [0.1, 0.15) is 30.0 Å². The van der Waals surface area contributed by atoms with Crippen molar-refractivity contribution in [3.8, 4) is 0 Å². The van der Waals surface area contributed by atoms with Gasteiger partial charge in [0.1, 0.15) is 0 Å². The molecule has 2 N–H and O–H groups in total. The first kappa shape index (κ1) is 20.8. The molecule has 31 heavy (non-hydrogen) atoms. The molecule has 1 aliphatic rings. The van der Waals surface area contributed by atoms with Crippen LogP contribution in [-0.2, 0) is 6.54 Å². The van der Waals surface area contributed by atoms with E-state index in [0.29, 0.717) is 18.8 Å². The SMILES string of the molecule is O=C(NCC(c1ccccc1)N1CCCC1)Nc1cccc(Cn2cccnc2=O)c1. The minimum Gasteiger partial charge on any atom is -0.336 e. The van der Waals surface area contributed by atoms with Gasteiger partial charge in [-0.2, -0.15) is 0 Å². The zero-order valence-corrected chi connectivity index (χ0v) is 17.4. The first-order valence-corrected chi connectivity index (χ1v) is 10.6. The molecule has 2 heterocycles. The van der Waals surface area contributed by atoms with Crippen LogP contribution in [0.2, 0.25) is 0 Å². The van der Waals surface area contributed by atoms with E-state index in [9.17, 15) is 9.59 Å². The smallest absolute Gasteiger partial charge is 0.336 e. The molecule has 4 rings (SSSR count). The minimum absolute atomic E-state index is 0.165. The highest BCUT2D eigenvalue weighted by atomic mass is 16.2. The zero-order valence-electron chi connectivity index (χ0n) is 17.4. The van der Waals surface area contributed by atoms with E-state index in [0.717, 1.165) is 18.7 Å². The second-order valence-electron chi connectivity index (χ2n) is 7.74. The second kappa shape index (κ2) is 10.0. The summed E-state index contributed by atoms with van der Waals surface area (Å²) in [5.74, 6) is 0. The molecule has 7 heteroatoms. The van der Waals surface area contributed by atoms with Crippen molar-refractivity contribution in [2.24, 2.45) is 0 Å². The van der Waals surface area contributed by atoms with Crippen molar-refractivity contribution < 1.29 is 4.79 Å². The van der Waals surface area contributed by atoms with Crippen molar-refractivity contribution in [1.82, 2.24) is 19.8 Å². The van der Waals surface area contributed by atoms with Gasteiger partial charge in [0.2, 0.25) is 0 Å². The van der Waals surface area contributed by atoms with E-state index in [1.54, 1.807) is 12.3 Å². The molecule has 1 saturated heterocycles. The molecule has 0 spiro atoms. The summed E-state index contributed by atoms with van der Waals surface area (Å²) >= 11 is 0. The van der Waals surface area contributed by atoms with Crippen LogP contribution in [0.4, 0.5) is 10.5 Å². The summed E-state index contributed by atoms with van der Waals surface area (Å²) in [6, 6.07) is 19.5. The summed E-state index contributed by atoms with van der Waals surface area (Å²) in [6.07, 6.45) is 5.57. The van der Waals surface area contributed by atoms with E-state index in [4.69, 9.17) is 0 Å². The molecule has 1 atom stereocenters. The summed E-state index contributed by atoms with van der Waals surface area (Å²) in [6.45, 7) is 3.05. The first-order chi connectivity index (χ1) is 15.2. The summed E-state index contributed by atoms with van der Waals surface area (Å²) in [5.41, 5.74) is 2.51. The van der Waals surface area contributed by atoms with E-state index in [1.165, 1.54) is 29.2 Å². The molecule has 2 aromatic carbocycles. The van der Waals surface area contributed by atoms with Gasteiger partial charge in [-0.3, -0.25) is 9.47 Å². The highest BCUT2D eigenvalue weighted by Crippen LogP contribution is 2.24. The number of carbonyl (C=O) groups excluding carboxylic acids is 1. The Morgan fingerprint density at radius 3 is 2.61 bits per heavy atom. The largest absolute Gasteiger partial charge is 0.347 e. The molecule has 1 unspecified atom stereocenters. The average Bonchev–Trinajstić information content (AvgIpc) is 3.31. The number of carbonyl (C=O) groups is 1. The predicted octanol–water partition coefficient (Wildman–Crippen LogP) is 3.25. The number of benzene rings is 2. The van der Waals surface area contributed by atoms with Crippen molar-refractivity contribution in [3.05, 3.63) is 94.7 Å². The molecular formula is C24H27N5O2. The van der Waals surface area contributed by atoms with Gasteiger partial charge in [0.05, 0.1) is 12.6 Å². The molecule has 160 valence electrons. The molecule has 2 amide bonds. The lowest BCUT2D eigenvalue weighted by Crippen LogP contribution is -2.38. The molecular weight excluding hydrogens is 390 g/mol. The summed E-state index contributed by atoms with van der Waals surface area (Å²) in [5, 5.41) is 5.94. The Labute approximate surface area is 181 Å². The molecule has 0 aliphatic carbocycles. The summed E-state index contributed by atoms with van der Waals surface area (Å²) < 4.78 is 1.53. The molecule has 1 fully saturated rings. The van der Waals surface area contributed by atoms with Crippen molar-refractivity contribution in [2.75, 3.05) is 25.0 Å². The number of likely N-dealkylation sites (tertiary alicyclic amines) is 1. The maximum Gasteiger partial charge on any atom is 0.347 e. The Balaban J connectivity index is 1.38. The van der Waals surface area contributed by atoms with Gasteiger partial charge < -0.3 is 10.6 Å². The lowest BCUT2D eigenvalue weighted by Gasteiger charge is -2.28. The van der Waals surface area contributed by atoms with Crippen LogP contribution in [0.25, 0.3) is 0 Å². The lowest BCUT2D eigenvalue weighted by atomic mass is 10.1. The molecule has 1 aliphatic heterocycles. The van der Waals surface area contributed by atoms with E-state index >= 15 is 0 Å². The number of amides is 2. The third kappa shape index (κ3) is 5.58. The quantitative estimate of drug-likeness (QED) is 0.619. The average molecular weight is 418 g/mol. The Kier molecular flexibility index (Phi) is 6.74. The number of urea groups is 1. The highest BCUT2D eigenvalue weighted by molar-refractivity contribution is 5.89. The van der Waals surface area contributed by atoms with Crippen molar-refractivity contribution in [1.29, 1.82) is 0 Å². The van der Waals surface area contributed by atoms with E-state index in [2.05, 4.69) is 32.7 Å². The van der Waals surface area contributed by atoms with E-state index in [1.807, 2.05) is 42.5 Å². The van der Waals surface area contributed by atoms with E-state index in [-0.39, 0.29) is 17.8 Å². The molecule has 0 bridgehead atoms. The van der Waals surface area contributed by atoms with Crippen molar-refractivity contribution in [3.63, 3.8) is 0 Å². The van der Waals surface area contributed by atoms with Gasteiger partial charge >= 0.3 is 11.7 Å². The van der Waals surface area contributed by atoms with Gasteiger partial charge in [0, 0.05) is 24.6 Å². The van der Waals surface area contributed by atoms with Gasteiger partial charge in [0.15, 0.2) is 0 Å². The molecule has 0 saturated carbocycles. The molecule has 7 nitrogen and oxygen atoms in total. The Bertz CT molecular complexity index is 1060. The number of hydrogen-bond acceptors (Lipinski definition) is 4. The van der Waals surface area contributed by atoms with E-state index < -0.39 is 0 Å². The van der Waals surface area contributed by atoms with Gasteiger partial charge in [-0.05, 0) is 55.3 Å². The zero-order chi connectivity index (χ0) is 21.5. The van der Waals surface area contributed by atoms with Crippen LogP contribution in [0.5, 0.6) is 0 Å². The number of aromatic nitrogens is 2. The lowest BCUT2D eigenvalue weighted by molar-refractivity contribution is 0.227. The normalized spacial score (nSPS) is 14.8. The maximum absolute atomic E-state index is 12.6. The highest BCUT2D eigenvalue weighted by Gasteiger charge is 2.23. The number of rotatable bonds is 7. The van der Waals surface area contributed by atoms with Crippen LogP contribution in [0.3, 0.4) is 0 Å². The Morgan fingerprint density at radius 1 is 1.03 bits per heavy atom. The van der Waals surface area contributed by atoms with Crippen LogP contribution in [-0.4, -0.2) is 40.1 Å². The van der Waals surface area contributed by atoms with Gasteiger partial charge in [-0.1, -0.05) is 42.5 Å². The first-order valence-electron chi connectivity index (χ1n) is 10.6. The topological polar surface area (TPSA) is 79.3 Å². The fourth-order valence-electron chi connectivity index (χ4n) is 4.00. The van der Waals surface area contributed by atoms with Crippen molar-refractivity contribution in [2.45, 2.75) is 25.4 Å². The van der Waals surface area contributed by atoms with Gasteiger partial charge in [0.25, 0.3) is 0 Å². The predicted molar refractivity (Wildman–Crippen MR) is 121 cm³/mol.